The minimum Gasteiger partial charge on any atom is -0.379 e. The third-order valence-electron chi connectivity index (χ3n) is 5.44. The second-order valence-electron chi connectivity index (χ2n) is 7.93. The highest BCUT2D eigenvalue weighted by atomic mass is 35.5. The van der Waals surface area contributed by atoms with E-state index in [0.29, 0.717) is 24.6 Å². The van der Waals surface area contributed by atoms with Gasteiger partial charge in [0.05, 0.1) is 30.5 Å². The lowest BCUT2D eigenvalue weighted by Crippen LogP contribution is -2.35. The number of carbonyl (C=O) groups is 1. The van der Waals surface area contributed by atoms with Crippen molar-refractivity contribution >= 4 is 23.2 Å². The number of nitrogens with zero attached hydrogens (tertiary/aromatic N) is 3. The van der Waals surface area contributed by atoms with E-state index in [-0.39, 0.29) is 29.8 Å². The highest BCUT2D eigenvalue weighted by Gasteiger charge is 2.42. The number of benzene rings is 1. The molecule has 1 aliphatic carbocycles. The highest BCUT2D eigenvalue weighted by Crippen LogP contribution is 2.46. The fourth-order valence-electron chi connectivity index (χ4n) is 3.75. The van der Waals surface area contributed by atoms with E-state index in [9.17, 15) is 18.0 Å². The van der Waals surface area contributed by atoms with Gasteiger partial charge in [-0.05, 0) is 30.5 Å². The first-order valence-electron chi connectivity index (χ1n) is 10.3. The number of hydrogen-bond acceptors (Lipinski definition) is 4. The van der Waals surface area contributed by atoms with Crippen LogP contribution in [0.1, 0.15) is 42.1 Å². The van der Waals surface area contributed by atoms with Gasteiger partial charge in [0.1, 0.15) is 0 Å². The first-order chi connectivity index (χ1) is 14.8. The molecule has 0 radical (unpaired) electrons. The molecule has 0 spiro atoms. The van der Waals surface area contributed by atoms with E-state index in [1.165, 1.54) is 4.68 Å². The average molecular weight is 457 g/mol. The highest BCUT2D eigenvalue weighted by molar-refractivity contribution is 6.32. The smallest absolute Gasteiger partial charge is 0.379 e. The molecule has 168 valence electrons. The number of ether oxygens (including phenoxy) is 1. The molecule has 2 fully saturated rings. The third-order valence-corrected chi connectivity index (χ3v) is 5.81. The second kappa shape index (κ2) is 9.18. The summed E-state index contributed by atoms with van der Waals surface area (Å²) in [5.74, 6) is -0.304. The van der Waals surface area contributed by atoms with Crippen LogP contribution in [-0.4, -0.2) is 46.9 Å². The minimum absolute atomic E-state index is 0.00270. The number of nitrogens with one attached hydrogen (secondary N) is 1. The Morgan fingerprint density at radius 3 is 2.68 bits per heavy atom. The molecular weight excluding hydrogens is 433 g/mol. The van der Waals surface area contributed by atoms with Gasteiger partial charge in [-0.2, -0.15) is 18.3 Å². The van der Waals surface area contributed by atoms with Gasteiger partial charge in [-0.15, -0.1) is 0 Å². The molecule has 31 heavy (non-hydrogen) atoms. The zero-order valence-electron chi connectivity index (χ0n) is 16.9. The molecule has 2 aliphatic rings. The Balaban J connectivity index is 1.37. The number of carbonyl (C=O) groups excluding carboxylic acids is 1. The summed E-state index contributed by atoms with van der Waals surface area (Å²) in [5.41, 5.74) is 1.04. The van der Waals surface area contributed by atoms with Crippen LogP contribution in [0, 0.1) is 0 Å². The molecule has 0 unspecified atom stereocenters. The van der Waals surface area contributed by atoms with Crippen molar-refractivity contribution in [1.29, 1.82) is 0 Å². The van der Waals surface area contributed by atoms with Crippen molar-refractivity contribution in [2.75, 3.05) is 31.6 Å². The molecule has 1 aliphatic heterocycles. The number of rotatable bonds is 7. The van der Waals surface area contributed by atoms with Gasteiger partial charge in [0.2, 0.25) is 5.91 Å². The quantitative estimate of drug-likeness (QED) is 0.675. The Kier molecular flexibility index (Phi) is 6.55. The van der Waals surface area contributed by atoms with Gasteiger partial charge < -0.3 is 10.1 Å². The summed E-state index contributed by atoms with van der Waals surface area (Å²) in [6.07, 6.45) is -3.05. The minimum atomic E-state index is -4.62. The van der Waals surface area contributed by atoms with Gasteiger partial charge in [0.15, 0.2) is 5.69 Å². The summed E-state index contributed by atoms with van der Waals surface area (Å²) in [6.45, 7) is 3.98. The lowest BCUT2D eigenvalue weighted by atomic mass is 10.1. The fraction of sp³-hybridized carbons (Fsp3) is 0.524. The number of aromatic nitrogens is 2. The van der Waals surface area contributed by atoms with Crippen molar-refractivity contribution in [3.63, 3.8) is 0 Å². The van der Waals surface area contributed by atoms with E-state index in [0.717, 1.165) is 38.0 Å². The Hall–Kier alpha value is -2.10. The van der Waals surface area contributed by atoms with Crippen LogP contribution in [-0.2, 0) is 28.8 Å². The second-order valence-corrected chi connectivity index (χ2v) is 8.31. The van der Waals surface area contributed by atoms with Crippen LogP contribution in [0.15, 0.2) is 24.3 Å². The van der Waals surface area contributed by atoms with Crippen LogP contribution in [0.2, 0.25) is 5.02 Å². The largest absolute Gasteiger partial charge is 0.436 e. The van der Waals surface area contributed by atoms with Gasteiger partial charge in [-0.25, -0.2) is 0 Å². The molecule has 2 aromatic rings. The van der Waals surface area contributed by atoms with Crippen molar-refractivity contribution in [2.24, 2.45) is 0 Å². The van der Waals surface area contributed by atoms with E-state index in [4.69, 9.17) is 16.3 Å². The molecule has 1 saturated heterocycles. The number of hydrogen-bond donors (Lipinski definition) is 1. The summed E-state index contributed by atoms with van der Waals surface area (Å²) >= 11 is 5.98. The number of anilines is 1. The predicted molar refractivity (Wildman–Crippen MR) is 110 cm³/mol. The molecule has 0 bridgehead atoms. The maximum Gasteiger partial charge on any atom is 0.436 e. The summed E-state index contributed by atoms with van der Waals surface area (Å²) in [7, 11) is 0. The van der Waals surface area contributed by atoms with Gasteiger partial charge in [-0.1, -0.05) is 23.7 Å². The monoisotopic (exact) mass is 456 g/mol. The Morgan fingerprint density at radius 1 is 1.26 bits per heavy atom. The van der Waals surface area contributed by atoms with Crippen molar-refractivity contribution in [2.45, 2.75) is 44.4 Å². The van der Waals surface area contributed by atoms with Crippen molar-refractivity contribution < 1.29 is 22.7 Å². The zero-order valence-corrected chi connectivity index (χ0v) is 17.7. The predicted octanol–water partition coefficient (Wildman–Crippen LogP) is 4.29. The van der Waals surface area contributed by atoms with E-state index in [1.807, 2.05) is 18.2 Å². The molecule has 1 N–H and O–H groups in total. The molecule has 1 aromatic heterocycles. The maximum atomic E-state index is 13.2. The van der Waals surface area contributed by atoms with Crippen molar-refractivity contribution in [1.82, 2.24) is 14.7 Å². The molecule has 10 heteroatoms. The number of halogens is 4. The Morgan fingerprint density at radius 2 is 2.00 bits per heavy atom. The molecule has 6 nitrogen and oxygen atoms in total. The standard InChI is InChI=1S/C21H24ClF3N4O2/c22-18-19(15-4-5-15)29(27-20(18)21(23,24)25)7-6-17(30)26-16-3-1-2-14(12-16)13-28-8-10-31-11-9-28/h1-3,12,15H,4-11,13H2,(H,26,30). The summed E-state index contributed by atoms with van der Waals surface area (Å²) in [6, 6.07) is 7.58. The van der Waals surface area contributed by atoms with Crippen LogP contribution in [0.3, 0.4) is 0 Å². The maximum absolute atomic E-state index is 13.2. The normalized spacial score (nSPS) is 17.7. The van der Waals surface area contributed by atoms with E-state index < -0.39 is 11.9 Å². The summed E-state index contributed by atoms with van der Waals surface area (Å²) < 4.78 is 46.1. The van der Waals surface area contributed by atoms with Gasteiger partial charge in [-0.3, -0.25) is 14.4 Å². The number of alkyl halides is 3. The van der Waals surface area contributed by atoms with Gasteiger partial charge in [0.25, 0.3) is 0 Å². The lowest BCUT2D eigenvalue weighted by Gasteiger charge is -2.26. The molecule has 1 saturated carbocycles. The first kappa shape index (κ1) is 22.1. The molecule has 4 rings (SSSR count). The van der Waals surface area contributed by atoms with E-state index in [1.54, 1.807) is 6.07 Å². The van der Waals surface area contributed by atoms with Crippen molar-refractivity contribution in [3.8, 4) is 0 Å². The molecule has 1 aromatic carbocycles. The van der Waals surface area contributed by atoms with Gasteiger partial charge >= 0.3 is 6.18 Å². The van der Waals surface area contributed by atoms with Gasteiger partial charge in [0, 0.05) is 37.7 Å². The molecular formula is C21H24ClF3N4O2. The Labute approximate surface area is 183 Å². The molecule has 2 heterocycles. The number of amides is 1. The van der Waals surface area contributed by atoms with Crippen LogP contribution in [0.25, 0.3) is 0 Å². The fourth-order valence-corrected chi connectivity index (χ4v) is 4.14. The molecule has 0 atom stereocenters. The van der Waals surface area contributed by atoms with Crippen LogP contribution >= 0.6 is 11.6 Å². The average Bonchev–Trinajstić information content (AvgIpc) is 3.49. The summed E-state index contributed by atoms with van der Waals surface area (Å²) in [5, 5.41) is 6.15. The Bertz CT molecular complexity index is 937. The third kappa shape index (κ3) is 5.58. The lowest BCUT2D eigenvalue weighted by molar-refractivity contribution is -0.141. The number of aryl methyl sites for hydroxylation is 1. The van der Waals surface area contributed by atoms with Crippen molar-refractivity contribution in [3.05, 3.63) is 46.2 Å². The first-order valence-corrected chi connectivity index (χ1v) is 10.7. The van der Waals surface area contributed by atoms with E-state index in [2.05, 4.69) is 15.3 Å². The topological polar surface area (TPSA) is 59.4 Å². The zero-order chi connectivity index (χ0) is 22.0. The van der Waals surface area contributed by atoms with E-state index >= 15 is 0 Å². The van der Waals surface area contributed by atoms with Crippen LogP contribution in [0.4, 0.5) is 18.9 Å². The molecule has 1 amide bonds. The van der Waals surface area contributed by atoms with Crippen LogP contribution < -0.4 is 5.32 Å². The summed E-state index contributed by atoms with van der Waals surface area (Å²) in [4.78, 5) is 14.7. The SMILES string of the molecule is O=C(CCn1nc(C(F)(F)F)c(Cl)c1C1CC1)Nc1cccc(CN2CCOCC2)c1. The van der Waals surface area contributed by atoms with Crippen LogP contribution in [0.5, 0.6) is 0 Å². The number of morpholine rings is 1.